The number of fused-ring (bicyclic) bond motifs is 1. The van der Waals surface area contributed by atoms with E-state index in [1.165, 1.54) is 0 Å². The van der Waals surface area contributed by atoms with Gasteiger partial charge in [0, 0.05) is 23.4 Å². The van der Waals surface area contributed by atoms with Crippen molar-refractivity contribution in [2.24, 2.45) is 0 Å². The third-order valence-electron chi connectivity index (χ3n) is 6.15. The summed E-state index contributed by atoms with van der Waals surface area (Å²) in [5.41, 5.74) is 3.05. The lowest BCUT2D eigenvalue weighted by atomic mass is 9.98. The number of ether oxygens (including phenoxy) is 3. The van der Waals surface area contributed by atoms with E-state index in [9.17, 15) is 0 Å². The zero-order chi connectivity index (χ0) is 23.0. The van der Waals surface area contributed by atoms with Crippen LogP contribution in [0.4, 0.5) is 4.39 Å². The molecule has 0 unspecified atom stereocenters. The summed E-state index contributed by atoms with van der Waals surface area (Å²) in [6, 6.07) is 17.6. The topological polar surface area (TPSA) is 27.7 Å². The van der Waals surface area contributed by atoms with Gasteiger partial charge in [0.05, 0.1) is 13.2 Å². The van der Waals surface area contributed by atoms with Crippen LogP contribution in [0.1, 0.15) is 42.9 Å². The summed E-state index contributed by atoms with van der Waals surface area (Å²) in [6.07, 6.45) is 5.04. The van der Waals surface area contributed by atoms with E-state index in [1.807, 2.05) is 48.5 Å². The Balaban J connectivity index is 1.30. The monoisotopic (exact) mass is 470 g/mol. The highest BCUT2D eigenvalue weighted by atomic mass is 35.5. The Labute approximate surface area is 200 Å². The Morgan fingerprint density at radius 3 is 2.45 bits per heavy atom. The molecular formula is C28H32ClFO3. The van der Waals surface area contributed by atoms with Crippen LogP contribution in [-0.2, 0) is 33.5 Å². The number of halogens is 2. The number of aryl methyl sites for hydroxylation is 3. The van der Waals surface area contributed by atoms with Crippen molar-refractivity contribution >= 4 is 22.4 Å². The van der Waals surface area contributed by atoms with Crippen molar-refractivity contribution < 1.29 is 18.6 Å². The fourth-order valence-corrected chi connectivity index (χ4v) is 4.26. The Morgan fingerprint density at radius 2 is 1.70 bits per heavy atom. The fourth-order valence-electron chi connectivity index (χ4n) is 4.13. The van der Waals surface area contributed by atoms with Crippen LogP contribution in [0.5, 0.6) is 0 Å². The van der Waals surface area contributed by atoms with Crippen molar-refractivity contribution in [2.45, 2.75) is 57.8 Å². The Kier molecular flexibility index (Phi) is 8.74. The molecule has 1 fully saturated rings. The molecule has 0 radical (unpaired) electrons. The maximum Gasteiger partial charge on any atom is 0.158 e. The Hall–Kier alpha value is -1.98. The van der Waals surface area contributed by atoms with Crippen LogP contribution in [-0.4, -0.2) is 32.2 Å². The van der Waals surface area contributed by atoms with Gasteiger partial charge in [-0.15, -0.1) is 0 Å². The predicted molar refractivity (Wildman–Crippen MR) is 131 cm³/mol. The van der Waals surface area contributed by atoms with Gasteiger partial charge in [0.25, 0.3) is 0 Å². The summed E-state index contributed by atoms with van der Waals surface area (Å²) in [6.45, 7) is 4.07. The summed E-state index contributed by atoms with van der Waals surface area (Å²) in [7, 11) is 0. The molecule has 0 spiro atoms. The van der Waals surface area contributed by atoms with E-state index < -0.39 is 0 Å². The van der Waals surface area contributed by atoms with Gasteiger partial charge in [-0.05, 0) is 59.9 Å². The van der Waals surface area contributed by atoms with Gasteiger partial charge >= 0.3 is 0 Å². The van der Waals surface area contributed by atoms with Gasteiger partial charge < -0.3 is 14.2 Å². The van der Waals surface area contributed by atoms with Crippen molar-refractivity contribution in [3.63, 3.8) is 0 Å². The van der Waals surface area contributed by atoms with E-state index in [-0.39, 0.29) is 18.2 Å². The number of benzene rings is 3. The van der Waals surface area contributed by atoms with E-state index in [0.717, 1.165) is 60.8 Å². The fraction of sp³-hybridized carbons (Fsp3) is 0.429. The van der Waals surface area contributed by atoms with E-state index >= 15 is 4.39 Å². The highest BCUT2D eigenvalue weighted by Gasteiger charge is 2.22. The molecule has 1 aliphatic rings. The van der Waals surface area contributed by atoms with Crippen molar-refractivity contribution in [1.29, 1.82) is 0 Å². The largest absolute Gasteiger partial charge is 0.373 e. The van der Waals surface area contributed by atoms with E-state index in [1.54, 1.807) is 0 Å². The lowest BCUT2D eigenvalue weighted by Crippen LogP contribution is -2.37. The molecule has 0 saturated carbocycles. The molecule has 0 aromatic heterocycles. The average molecular weight is 471 g/mol. The number of rotatable bonds is 10. The third-order valence-corrected chi connectivity index (χ3v) is 6.40. The molecule has 0 atom stereocenters. The van der Waals surface area contributed by atoms with Crippen LogP contribution in [0.2, 0.25) is 5.02 Å². The number of unbranched alkanes of at least 4 members (excludes halogenated alkanes) is 1. The standard InChI is InChI=1S/C28H32ClFO3/c1-2-3-16-31-25-18-32-27(33-19-25)15-8-21-7-14-26-23(17-21)11-10-22(28(26)30)9-4-20-5-12-24(29)13-6-20/h5-7,10-14,17,25,27H,2-4,8-9,15-16,18-19H2,1H3. The van der Waals surface area contributed by atoms with Crippen LogP contribution in [0.3, 0.4) is 0 Å². The van der Waals surface area contributed by atoms with Crippen molar-refractivity contribution in [1.82, 2.24) is 0 Å². The van der Waals surface area contributed by atoms with Gasteiger partial charge in [-0.3, -0.25) is 0 Å². The molecule has 3 nitrogen and oxygen atoms in total. The van der Waals surface area contributed by atoms with Gasteiger partial charge in [0.15, 0.2) is 6.29 Å². The normalized spacial score (nSPS) is 18.6. The molecule has 176 valence electrons. The summed E-state index contributed by atoms with van der Waals surface area (Å²) in [4.78, 5) is 0. The Morgan fingerprint density at radius 1 is 0.939 bits per heavy atom. The van der Waals surface area contributed by atoms with Crippen LogP contribution in [0, 0.1) is 5.82 Å². The minimum absolute atomic E-state index is 0.0327. The molecule has 1 heterocycles. The molecule has 1 saturated heterocycles. The third kappa shape index (κ3) is 6.77. The average Bonchev–Trinajstić information content (AvgIpc) is 2.84. The maximum atomic E-state index is 15.1. The molecule has 1 aliphatic heterocycles. The molecule has 0 N–H and O–H groups in total. The molecule has 3 aromatic carbocycles. The second-order valence-corrected chi connectivity index (χ2v) is 9.14. The smallest absolute Gasteiger partial charge is 0.158 e. The van der Waals surface area contributed by atoms with Gasteiger partial charge in [-0.2, -0.15) is 0 Å². The molecule has 0 amide bonds. The first-order chi connectivity index (χ1) is 16.1. The van der Waals surface area contributed by atoms with Gasteiger partial charge in [-0.25, -0.2) is 4.39 Å². The molecular weight excluding hydrogens is 439 g/mol. The van der Waals surface area contributed by atoms with Crippen LogP contribution < -0.4 is 0 Å². The first-order valence-electron chi connectivity index (χ1n) is 11.9. The number of hydrogen-bond donors (Lipinski definition) is 0. The summed E-state index contributed by atoms with van der Waals surface area (Å²) >= 11 is 5.95. The molecule has 3 aromatic rings. The lowest BCUT2D eigenvalue weighted by molar-refractivity contribution is -0.227. The molecule has 0 bridgehead atoms. The first kappa shape index (κ1) is 24.2. The minimum atomic E-state index is -0.210. The second-order valence-electron chi connectivity index (χ2n) is 8.70. The van der Waals surface area contributed by atoms with E-state index in [4.69, 9.17) is 25.8 Å². The highest BCUT2D eigenvalue weighted by molar-refractivity contribution is 6.30. The predicted octanol–water partition coefficient (Wildman–Crippen LogP) is 6.91. The molecule has 33 heavy (non-hydrogen) atoms. The van der Waals surface area contributed by atoms with Gasteiger partial charge in [-0.1, -0.05) is 67.4 Å². The van der Waals surface area contributed by atoms with Crippen molar-refractivity contribution in [3.8, 4) is 0 Å². The maximum absolute atomic E-state index is 15.1. The van der Waals surface area contributed by atoms with Crippen molar-refractivity contribution in [2.75, 3.05) is 19.8 Å². The highest BCUT2D eigenvalue weighted by Crippen LogP contribution is 2.25. The quantitative estimate of drug-likeness (QED) is 0.301. The Bertz CT molecular complexity index is 1030. The molecule has 5 heteroatoms. The summed E-state index contributed by atoms with van der Waals surface area (Å²) in [5.74, 6) is -0.124. The zero-order valence-electron chi connectivity index (χ0n) is 19.2. The van der Waals surface area contributed by atoms with Crippen molar-refractivity contribution in [3.05, 3.63) is 82.1 Å². The SMILES string of the molecule is CCCCOC1COC(CCc2ccc3c(F)c(CCc4ccc(Cl)cc4)ccc3c2)OC1. The number of hydrogen-bond acceptors (Lipinski definition) is 3. The first-order valence-corrected chi connectivity index (χ1v) is 12.3. The van der Waals surface area contributed by atoms with Crippen LogP contribution in [0.15, 0.2) is 54.6 Å². The van der Waals surface area contributed by atoms with E-state index in [2.05, 4.69) is 13.0 Å². The zero-order valence-corrected chi connectivity index (χ0v) is 20.0. The summed E-state index contributed by atoms with van der Waals surface area (Å²) in [5, 5.41) is 2.31. The molecule has 4 rings (SSSR count). The second kappa shape index (κ2) is 11.9. The summed E-state index contributed by atoms with van der Waals surface area (Å²) < 4.78 is 32.5. The molecule has 0 aliphatic carbocycles. The van der Waals surface area contributed by atoms with Gasteiger partial charge in [0.2, 0.25) is 0 Å². The van der Waals surface area contributed by atoms with Crippen LogP contribution >= 0.6 is 11.6 Å². The van der Waals surface area contributed by atoms with Gasteiger partial charge in [0.1, 0.15) is 11.9 Å². The lowest BCUT2D eigenvalue weighted by Gasteiger charge is -2.29. The minimum Gasteiger partial charge on any atom is -0.373 e. The van der Waals surface area contributed by atoms with Crippen LogP contribution in [0.25, 0.3) is 10.8 Å². The van der Waals surface area contributed by atoms with E-state index in [0.29, 0.717) is 30.0 Å².